The van der Waals surface area contributed by atoms with Gasteiger partial charge in [-0.2, -0.15) is 8.78 Å². The molecular formula is C31H30F5NO7. The number of nitrogens with one attached hydrogen (secondary N) is 1. The van der Waals surface area contributed by atoms with Gasteiger partial charge in [0.1, 0.15) is 6.61 Å². The molecule has 0 saturated heterocycles. The molecule has 236 valence electrons. The summed E-state index contributed by atoms with van der Waals surface area (Å²) in [7, 11) is 0. The predicted octanol–water partition coefficient (Wildman–Crippen LogP) is 5.66. The zero-order chi connectivity index (χ0) is 31.5. The molecule has 0 saturated carbocycles. The van der Waals surface area contributed by atoms with Crippen LogP contribution in [0.3, 0.4) is 0 Å². The molecule has 1 amide bonds. The van der Waals surface area contributed by atoms with E-state index >= 15 is 0 Å². The molecule has 8 nitrogen and oxygen atoms in total. The third-order valence-corrected chi connectivity index (χ3v) is 6.66. The van der Waals surface area contributed by atoms with Crippen LogP contribution in [0.25, 0.3) is 11.1 Å². The number of alkyl carbamates (subject to hydrolysis) is 1. The second-order valence-electron chi connectivity index (χ2n) is 9.57. The van der Waals surface area contributed by atoms with Crippen LogP contribution >= 0.6 is 0 Å². The Morgan fingerprint density at radius 1 is 0.659 bits per heavy atom. The molecule has 0 heterocycles. The third-order valence-electron chi connectivity index (χ3n) is 6.66. The number of hydrogen-bond acceptors (Lipinski definition) is 7. The lowest BCUT2D eigenvalue weighted by molar-refractivity contribution is -0.136. The van der Waals surface area contributed by atoms with Crippen LogP contribution in [-0.2, 0) is 23.7 Å². The molecule has 4 rings (SSSR count). The van der Waals surface area contributed by atoms with Crippen LogP contribution in [0.2, 0.25) is 0 Å². The van der Waals surface area contributed by atoms with E-state index in [9.17, 15) is 31.5 Å². The Balaban J connectivity index is 0.980. The molecule has 0 bridgehead atoms. The summed E-state index contributed by atoms with van der Waals surface area (Å²) < 4.78 is 92.1. The van der Waals surface area contributed by atoms with Gasteiger partial charge in [-0.3, -0.25) is 4.79 Å². The molecule has 0 spiro atoms. The van der Waals surface area contributed by atoms with Crippen LogP contribution in [0.1, 0.15) is 29.9 Å². The van der Waals surface area contributed by atoms with E-state index in [4.69, 9.17) is 18.9 Å². The standard InChI is InChI=1S/C31H30F5NO7/c32-25-26(33)28(35)30(29(36)27(25)34)44-24(38)10-13-41-15-17-42-16-14-40-12-5-11-37-31(39)43-18-23-21-8-3-1-6-19(21)20-7-2-4-9-22(20)23/h1-4,6-9,23H,5,10-18H2,(H,37,39). The lowest BCUT2D eigenvalue weighted by Gasteiger charge is -2.14. The smallest absolute Gasteiger partial charge is 0.407 e. The fourth-order valence-electron chi connectivity index (χ4n) is 4.55. The van der Waals surface area contributed by atoms with Crippen molar-refractivity contribution in [3.05, 3.63) is 88.7 Å². The van der Waals surface area contributed by atoms with Crippen molar-refractivity contribution in [3.8, 4) is 16.9 Å². The van der Waals surface area contributed by atoms with E-state index in [-0.39, 0.29) is 39.0 Å². The fraction of sp³-hybridized carbons (Fsp3) is 0.355. The Morgan fingerprint density at radius 3 is 1.75 bits per heavy atom. The number of benzene rings is 3. The van der Waals surface area contributed by atoms with E-state index in [0.717, 1.165) is 22.3 Å². The van der Waals surface area contributed by atoms with Crippen molar-refractivity contribution in [2.75, 3.05) is 52.8 Å². The fourth-order valence-corrected chi connectivity index (χ4v) is 4.55. The lowest BCUT2D eigenvalue weighted by atomic mass is 9.98. The quantitative estimate of drug-likeness (QED) is 0.0550. The van der Waals surface area contributed by atoms with Gasteiger partial charge in [-0.05, 0) is 28.7 Å². The second kappa shape index (κ2) is 16.1. The number of halogens is 5. The lowest BCUT2D eigenvalue weighted by Crippen LogP contribution is -2.27. The average Bonchev–Trinajstić information content (AvgIpc) is 3.36. The number of carbonyl (C=O) groups is 2. The van der Waals surface area contributed by atoms with Gasteiger partial charge in [0.05, 0.1) is 39.5 Å². The van der Waals surface area contributed by atoms with Gasteiger partial charge in [0.15, 0.2) is 0 Å². The zero-order valence-corrected chi connectivity index (χ0v) is 23.5. The number of carbonyl (C=O) groups excluding carboxylic acids is 2. The highest BCUT2D eigenvalue weighted by Gasteiger charge is 2.30. The summed E-state index contributed by atoms with van der Waals surface area (Å²) in [5.74, 6) is -14.2. The zero-order valence-electron chi connectivity index (χ0n) is 23.5. The summed E-state index contributed by atoms with van der Waals surface area (Å²) >= 11 is 0. The van der Waals surface area contributed by atoms with Gasteiger partial charge in [0.2, 0.25) is 34.8 Å². The maximum Gasteiger partial charge on any atom is 0.407 e. The largest absolute Gasteiger partial charge is 0.449 e. The summed E-state index contributed by atoms with van der Waals surface area (Å²) in [4.78, 5) is 23.8. The van der Waals surface area contributed by atoms with Gasteiger partial charge >= 0.3 is 12.1 Å². The molecular weight excluding hydrogens is 593 g/mol. The minimum Gasteiger partial charge on any atom is -0.449 e. The maximum absolute atomic E-state index is 13.5. The first-order valence-electron chi connectivity index (χ1n) is 13.8. The van der Waals surface area contributed by atoms with E-state index < -0.39 is 53.3 Å². The van der Waals surface area contributed by atoms with Crippen molar-refractivity contribution in [1.82, 2.24) is 5.32 Å². The van der Waals surface area contributed by atoms with E-state index in [1.807, 2.05) is 24.3 Å². The van der Waals surface area contributed by atoms with Crippen molar-refractivity contribution < 1.29 is 55.2 Å². The van der Waals surface area contributed by atoms with E-state index in [0.29, 0.717) is 26.2 Å². The number of fused-ring (bicyclic) bond motifs is 3. The van der Waals surface area contributed by atoms with Crippen molar-refractivity contribution in [3.63, 3.8) is 0 Å². The minimum absolute atomic E-state index is 0.0117. The third kappa shape index (κ3) is 8.30. The Kier molecular flexibility index (Phi) is 12.0. The minimum atomic E-state index is -2.35. The molecule has 0 aromatic heterocycles. The number of esters is 1. The van der Waals surface area contributed by atoms with Crippen molar-refractivity contribution in [2.45, 2.75) is 18.8 Å². The van der Waals surface area contributed by atoms with Gasteiger partial charge in [-0.1, -0.05) is 48.5 Å². The summed E-state index contributed by atoms with van der Waals surface area (Å²) in [5.41, 5.74) is 4.59. The highest BCUT2D eigenvalue weighted by Crippen LogP contribution is 2.44. The van der Waals surface area contributed by atoms with Gasteiger partial charge in [0.25, 0.3) is 0 Å². The van der Waals surface area contributed by atoms with Crippen LogP contribution in [0.4, 0.5) is 26.7 Å². The van der Waals surface area contributed by atoms with Crippen LogP contribution < -0.4 is 10.1 Å². The van der Waals surface area contributed by atoms with Crippen molar-refractivity contribution >= 4 is 12.1 Å². The Bertz CT molecular complexity index is 1380. The first kappa shape index (κ1) is 32.8. The SMILES string of the molecule is O=C(CCOCCOCCOCCCNC(=O)OCC1c2ccccc2-c2ccccc21)Oc1c(F)c(F)c(F)c(F)c1F. The van der Waals surface area contributed by atoms with E-state index in [1.165, 1.54) is 0 Å². The number of ether oxygens (including phenoxy) is 5. The second-order valence-corrected chi connectivity index (χ2v) is 9.57. The van der Waals surface area contributed by atoms with Crippen LogP contribution in [0.15, 0.2) is 48.5 Å². The normalized spacial score (nSPS) is 12.1. The first-order valence-corrected chi connectivity index (χ1v) is 13.8. The average molecular weight is 624 g/mol. The van der Waals surface area contributed by atoms with Crippen molar-refractivity contribution in [2.24, 2.45) is 0 Å². The number of hydrogen-bond donors (Lipinski definition) is 1. The van der Waals surface area contributed by atoms with E-state index in [1.54, 1.807) is 0 Å². The topological polar surface area (TPSA) is 92.3 Å². The molecule has 3 aromatic rings. The number of amides is 1. The molecule has 0 unspecified atom stereocenters. The molecule has 0 atom stereocenters. The summed E-state index contributed by atoms with van der Waals surface area (Å²) in [5, 5.41) is 2.71. The summed E-state index contributed by atoms with van der Waals surface area (Å²) in [6.45, 7) is 1.53. The summed E-state index contributed by atoms with van der Waals surface area (Å²) in [6, 6.07) is 16.2. The molecule has 1 aliphatic rings. The van der Waals surface area contributed by atoms with Gasteiger partial charge in [-0.25, -0.2) is 18.0 Å². The Hall–Kier alpha value is -4.07. The van der Waals surface area contributed by atoms with Gasteiger partial charge < -0.3 is 29.0 Å². The first-order chi connectivity index (χ1) is 21.3. The Labute approximate surface area is 250 Å². The monoisotopic (exact) mass is 623 g/mol. The van der Waals surface area contributed by atoms with Crippen LogP contribution in [-0.4, -0.2) is 64.9 Å². The molecule has 1 N–H and O–H groups in total. The molecule has 0 aliphatic heterocycles. The molecule has 44 heavy (non-hydrogen) atoms. The summed E-state index contributed by atoms with van der Waals surface area (Å²) in [6.07, 6.45) is -0.429. The predicted molar refractivity (Wildman–Crippen MR) is 147 cm³/mol. The number of rotatable bonds is 16. The van der Waals surface area contributed by atoms with Crippen LogP contribution in [0, 0.1) is 29.1 Å². The van der Waals surface area contributed by atoms with Gasteiger partial charge in [0, 0.05) is 19.1 Å². The highest BCUT2D eigenvalue weighted by atomic mass is 19.2. The Morgan fingerprint density at radius 2 is 1.16 bits per heavy atom. The maximum atomic E-state index is 13.5. The molecule has 1 aliphatic carbocycles. The highest BCUT2D eigenvalue weighted by molar-refractivity contribution is 5.79. The molecule has 13 heteroatoms. The van der Waals surface area contributed by atoms with Gasteiger partial charge in [-0.15, -0.1) is 0 Å². The van der Waals surface area contributed by atoms with Crippen LogP contribution in [0.5, 0.6) is 5.75 Å². The molecule has 0 fully saturated rings. The molecule has 0 radical (unpaired) electrons. The molecule has 3 aromatic carbocycles. The van der Waals surface area contributed by atoms with E-state index in [2.05, 4.69) is 34.3 Å². The van der Waals surface area contributed by atoms with Crippen molar-refractivity contribution in [1.29, 1.82) is 0 Å².